The lowest BCUT2D eigenvalue weighted by Gasteiger charge is -2.36. The molecule has 0 spiro atoms. The quantitative estimate of drug-likeness (QED) is 0.680. The molecule has 1 N–H and O–H groups in total. The first-order valence-corrected chi connectivity index (χ1v) is 7.26. The van der Waals surface area contributed by atoms with Gasteiger partial charge in [0.2, 0.25) is 0 Å². The molecule has 1 heterocycles. The van der Waals surface area contributed by atoms with Crippen molar-refractivity contribution in [3.63, 3.8) is 0 Å². The van der Waals surface area contributed by atoms with E-state index in [-0.39, 0.29) is 17.5 Å². The van der Waals surface area contributed by atoms with Crippen LogP contribution in [0.4, 0.5) is 5.69 Å². The molecule has 2 rings (SSSR count). The highest BCUT2D eigenvalue weighted by atomic mass is 16.6. The lowest BCUT2D eigenvalue weighted by atomic mass is 10.0. The Morgan fingerprint density at radius 3 is 2.86 bits per heavy atom. The molecule has 1 saturated heterocycles. The molecule has 7 nitrogen and oxygen atoms in total. The lowest BCUT2D eigenvalue weighted by molar-refractivity contribution is -0.385. The number of benzene rings is 1. The Kier molecular flexibility index (Phi) is 4.97. The molecule has 1 atom stereocenters. The Labute approximate surface area is 128 Å². The minimum absolute atomic E-state index is 0.0152. The predicted molar refractivity (Wildman–Crippen MR) is 79.9 cm³/mol. The molecule has 0 saturated carbocycles. The summed E-state index contributed by atoms with van der Waals surface area (Å²) in [6.45, 7) is 5.60. The van der Waals surface area contributed by atoms with Crippen molar-refractivity contribution in [2.45, 2.75) is 26.3 Å². The van der Waals surface area contributed by atoms with Gasteiger partial charge in [0.05, 0.1) is 24.2 Å². The van der Waals surface area contributed by atoms with E-state index in [1.54, 1.807) is 4.90 Å². The average molecular weight is 308 g/mol. The molecule has 0 aromatic heterocycles. The van der Waals surface area contributed by atoms with E-state index in [0.717, 1.165) is 18.6 Å². The zero-order chi connectivity index (χ0) is 16.3. The third-order valence-corrected chi connectivity index (χ3v) is 3.65. The van der Waals surface area contributed by atoms with E-state index in [2.05, 4.69) is 13.8 Å². The van der Waals surface area contributed by atoms with Crippen LogP contribution in [-0.4, -0.2) is 46.6 Å². The van der Waals surface area contributed by atoms with Crippen molar-refractivity contribution in [3.8, 4) is 5.75 Å². The molecule has 0 radical (unpaired) electrons. The van der Waals surface area contributed by atoms with E-state index in [9.17, 15) is 20.0 Å². The van der Waals surface area contributed by atoms with Gasteiger partial charge in [-0.05, 0) is 24.5 Å². The standard InChI is InChI=1S/C15H20N2O5/c1-10(2)7-12-9-22-6-5-16(12)15(19)11-3-4-13(17(20)21)14(18)8-11/h3-4,8,10,12,18H,5-7,9H2,1-2H3. The van der Waals surface area contributed by atoms with Crippen LogP contribution in [0.2, 0.25) is 0 Å². The number of morpholine rings is 1. The maximum atomic E-state index is 12.6. The van der Waals surface area contributed by atoms with E-state index in [0.29, 0.717) is 25.7 Å². The van der Waals surface area contributed by atoms with Crippen LogP contribution >= 0.6 is 0 Å². The molecular weight excluding hydrogens is 288 g/mol. The van der Waals surface area contributed by atoms with Crippen LogP contribution < -0.4 is 0 Å². The van der Waals surface area contributed by atoms with Crippen molar-refractivity contribution in [3.05, 3.63) is 33.9 Å². The SMILES string of the molecule is CC(C)CC1COCCN1C(=O)c1ccc([N+](=O)[O-])c(O)c1. The molecular formula is C15H20N2O5. The van der Waals surface area contributed by atoms with Gasteiger partial charge in [0.25, 0.3) is 5.91 Å². The number of hydrogen-bond acceptors (Lipinski definition) is 5. The van der Waals surface area contributed by atoms with Crippen LogP contribution in [0.1, 0.15) is 30.6 Å². The van der Waals surface area contributed by atoms with Gasteiger partial charge in [-0.3, -0.25) is 14.9 Å². The van der Waals surface area contributed by atoms with Crippen LogP contribution in [-0.2, 0) is 4.74 Å². The van der Waals surface area contributed by atoms with E-state index in [1.807, 2.05) is 0 Å². The fourth-order valence-electron chi connectivity index (χ4n) is 2.64. The highest BCUT2D eigenvalue weighted by Gasteiger charge is 2.29. The number of nitro benzene ring substituents is 1. The van der Waals surface area contributed by atoms with Crippen LogP contribution in [0, 0.1) is 16.0 Å². The summed E-state index contributed by atoms with van der Waals surface area (Å²) in [5.41, 5.74) is -0.156. The number of nitro groups is 1. The van der Waals surface area contributed by atoms with E-state index in [1.165, 1.54) is 6.07 Å². The second-order valence-corrected chi connectivity index (χ2v) is 5.82. The topological polar surface area (TPSA) is 92.9 Å². The smallest absolute Gasteiger partial charge is 0.310 e. The second kappa shape index (κ2) is 6.74. The van der Waals surface area contributed by atoms with Crippen molar-refractivity contribution >= 4 is 11.6 Å². The Balaban J connectivity index is 2.21. The molecule has 1 aromatic carbocycles. The summed E-state index contributed by atoms with van der Waals surface area (Å²) < 4.78 is 5.44. The van der Waals surface area contributed by atoms with Crippen LogP contribution in [0.3, 0.4) is 0 Å². The van der Waals surface area contributed by atoms with Gasteiger partial charge < -0.3 is 14.7 Å². The van der Waals surface area contributed by atoms with E-state index < -0.39 is 16.4 Å². The summed E-state index contributed by atoms with van der Waals surface area (Å²) in [6.07, 6.45) is 0.824. The molecule has 0 aliphatic carbocycles. The number of hydrogen-bond donors (Lipinski definition) is 1. The predicted octanol–water partition coefficient (Wildman–Crippen LogP) is 2.19. The zero-order valence-electron chi connectivity index (χ0n) is 12.7. The second-order valence-electron chi connectivity index (χ2n) is 5.82. The third-order valence-electron chi connectivity index (χ3n) is 3.65. The molecule has 1 aliphatic rings. The number of phenolic OH excluding ortho intramolecular Hbond substituents is 1. The number of amides is 1. The minimum atomic E-state index is -0.681. The molecule has 1 aliphatic heterocycles. The van der Waals surface area contributed by atoms with Gasteiger partial charge in [-0.2, -0.15) is 0 Å². The first-order valence-electron chi connectivity index (χ1n) is 7.26. The maximum absolute atomic E-state index is 12.6. The summed E-state index contributed by atoms with van der Waals surface area (Å²) in [6, 6.07) is 3.67. The summed E-state index contributed by atoms with van der Waals surface area (Å²) in [5.74, 6) is -0.309. The number of rotatable bonds is 4. The monoisotopic (exact) mass is 308 g/mol. The molecule has 0 bridgehead atoms. The Morgan fingerprint density at radius 1 is 1.55 bits per heavy atom. The van der Waals surface area contributed by atoms with Gasteiger partial charge in [0.15, 0.2) is 5.75 Å². The zero-order valence-corrected chi connectivity index (χ0v) is 12.7. The fourth-order valence-corrected chi connectivity index (χ4v) is 2.64. The number of carbonyl (C=O) groups excluding carboxylic acids is 1. The summed E-state index contributed by atoms with van der Waals surface area (Å²) >= 11 is 0. The normalized spacial score (nSPS) is 18.5. The lowest BCUT2D eigenvalue weighted by Crippen LogP contribution is -2.49. The van der Waals surface area contributed by atoms with Crippen LogP contribution in [0.25, 0.3) is 0 Å². The van der Waals surface area contributed by atoms with Gasteiger partial charge in [-0.1, -0.05) is 13.8 Å². The first-order chi connectivity index (χ1) is 10.4. The minimum Gasteiger partial charge on any atom is -0.502 e. The number of aromatic hydroxyl groups is 1. The highest BCUT2D eigenvalue weighted by molar-refractivity contribution is 5.95. The molecule has 7 heteroatoms. The van der Waals surface area contributed by atoms with E-state index in [4.69, 9.17) is 4.74 Å². The van der Waals surface area contributed by atoms with Gasteiger partial charge in [0.1, 0.15) is 0 Å². The molecule has 1 aromatic rings. The van der Waals surface area contributed by atoms with Gasteiger partial charge in [-0.15, -0.1) is 0 Å². The molecule has 1 amide bonds. The molecule has 1 fully saturated rings. The molecule has 120 valence electrons. The van der Waals surface area contributed by atoms with Gasteiger partial charge >= 0.3 is 5.69 Å². The number of carbonyl (C=O) groups is 1. The number of nitrogens with zero attached hydrogens (tertiary/aromatic N) is 2. The third kappa shape index (κ3) is 3.54. The Bertz CT molecular complexity index is 573. The molecule has 1 unspecified atom stereocenters. The molecule has 22 heavy (non-hydrogen) atoms. The van der Waals surface area contributed by atoms with Crippen molar-refractivity contribution in [1.82, 2.24) is 4.90 Å². The first kappa shape index (κ1) is 16.2. The van der Waals surface area contributed by atoms with Gasteiger partial charge in [-0.25, -0.2) is 0 Å². The fraction of sp³-hybridized carbons (Fsp3) is 0.533. The summed E-state index contributed by atoms with van der Waals surface area (Å²) in [7, 11) is 0. The van der Waals surface area contributed by atoms with Crippen molar-refractivity contribution in [1.29, 1.82) is 0 Å². The Hall–Kier alpha value is -2.15. The van der Waals surface area contributed by atoms with Crippen molar-refractivity contribution in [2.24, 2.45) is 5.92 Å². The highest BCUT2D eigenvalue weighted by Crippen LogP contribution is 2.27. The maximum Gasteiger partial charge on any atom is 0.310 e. The van der Waals surface area contributed by atoms with Crippen LogP contribution in [0.5, 0.6) is 5.75 Å². The number of phenols is 1. The van der Waals surface area contributed by atoms with Gasteiger partial charge in [0, 0.05) is 18.2 Å². The van der Waals surface area contributed by atoms with Crippen molar-refractivity contribution in [2.75, 3.05) is 19.8 Å². The average Bonchev–Trinajstić information content (AvgIpc) is 2.46. The van der Waals surface area contributed by atoms with Crippen LogP contribution in [0.15, 0.2) is 18.2 Å². The summed E-state index contributed by atoms with van der Waals surface area (Å²) in [4.78, 5) is 24.4. The Morgan fingerprint density at radius 2 is 2.27 bits per heavy atom. The van der Waals surface area contributed by atoms with E-state index >= 15 is 0 Å². The number of ether oxygens (including phenoxy) is 1. The largest absolute Gasteiger partial charge is 0.502 e. The summed E-state index contributed by atoms with van der Waals surface area (Å²) in [5, 5.41) is 20.4. The van der Waals surface area contributed by atoms with Crippen molar-refractivity contribution < 1.29 is 19.6 Å².